The van der Waals surface area contributed by atoms with Crippen LogP contribution in [0.1, 0.15) is 24.8 Å². The van der Waals surface area contributed by atoms with Gasteiger partial charge < -0.3 is 20.4 Å². The van der Waals surface area contributed by atoms with Crippen LogP contribution in [0, 0.1) is 0 Å². The minimum Gasteiger partial charge on any atom is -0.870 e. The van der Waals surface area contributed by atoms with Gasteiger partial charge in [0.2, 0.25) is 0 Å². The van der Waals surface area contributed by atoms with Crippen molar-refractivity contribution in [2.24, 2.45) is 9.98 Å². The molecule has 0 amide bonds. The van der Waals surface area contributed by atoms with Crippen molar-refractivity contribution >= 4 is 28.9 Å². The lowest BCUT2D eigenvalue weighted by Crippen LogP contribution is -3.18. The number of carbonyl (C=O) groups excluding carboxylic acids is 1. The molecule has 4 N–H and O–H groups in total. The van der Waals surface area contributed by atoms with E-state index in [1.807, 2.05) is 0 Å². The van der Waals surface area contributed by atoms with Crippen LogP contribution >= 0.6 is 0 Å². The van der Waals surface area contributed by atoms with Gasteiger partial charge in [0.05, 0.1) is 33.8 Å². The first-order valence-corrected chi connectivity index (χ1v) is 8.91. The van der Waals surface area contributed by atoms with Crippen molar-refractivity contribution in [3.05, 3.63) is 16.1 Å². The van der Waals surface area contributed by atoms with Gasteiger partial charge in [-0.05, 0) is 5.57 Å². The van der Waals surface area contributed by atoms with Gasteiger partial charge in [0, 0.05) is 25.5 Å². The summed E-state index contributed by atoms with van der Waals surface area (Å²) in [6.45, 7) is 0.643. The molecule has 1 aromatic carbocycles. The Hall–Kier alpha value is -2.13. The highest BCUT2D eigenvalue weighted by molar-refractivity contribution is 6.09. The maximum atomic E-state index is 13.1. The number of nitrogens with one attached hydrogen (secondary N) is 1. The number of quaternary nitrogens is 1. The Bertz CT molecular complexity index is 1060. The Morgan fingerprint density at radius 2 is 2.12 bits per heavy atom. The number of aliphatic hydroxyl groups is 3. The summed E-state index contributed by atoms with van der Waals surface area (Å²) >= 11 is 0. The molecule has 1 aliphatic carbocycles. The summed E-state index contributed by atoms with van der Waals surface area (Å²) in [7, 11) is 0. The molecule has 2 unspecified atom stereocenters. The first-order valence-electron chi connectivity index (χ1n) is 8.91. The monoisotopic (exact) mass is 355 g/mol. The van der Waals surface area contributed by atoms with E-state index in [4.69, 9.17) is 0 Å². The van der Waals surface area contributed by atoms with Crippen LogP contribution in [0.5, 0.6) is 5.75 Å². The third-order valence-electron chi connectivity index (χ3n) is 6.84. The second kappa shape index (κ2) is 4.40. The first-order chi connectivity index (χ1) is 12.4. The minimum atomic E-state index is -1.38. The Morgan fingerprint density at radius 1 is 1.31 bits per heavy atom. The number of hydrogen-bond acceptors (Lipinski definition) is 7. The molecule has 1 saturated carbocycles. The normalized spacial score (nSPS) is 41.1. The van der Waals surface area contributed by atoms with Gasteiger partial charge in [0.1, 0.15) is 35.9 Å². The Morgan fingerprint density at radius 3 is 2.92 bits per heavy atom. The van der Waals surface area contributed by atoms with Crippen LogP contribution in [-0.2, 0) is 10.2 Å². The van der Waals surface area contributed by atoms with E-state index < -0.39 is 35.6 Å². The standard InChI is InChI=1S/C18H17N3O5/c22-7-3-8(23)18-4-9(24)20-13-11(18)15-10-6(5-19-12(10)16(13)25)1-2-21(15)14(7)17(18)26/h5,7,9,14,17,22,24-26H,1-4H2/t7-,9-,14?,17+,18-/m1/s1. The van der Waals surface area contributed by atoms with E-state index in [1.165, 1.54) is 0 Å². The van der Waals surface area contributed by atoms with Crippen molar-refractivity contribution in [1.29, 1.82) is 0 Å². The Balaban J connectivity index is 1.87. The fourth-order valence-corrected chi connectivity index (χ4v) is 5.85. The summed E-state index contributed by atoms with van der Waals surface area (Å²) in [5.74, 6) is -0.724. The summed E-state index contributed by atoms with van der Waals surface area (Å²) in [5.41, 5.74) is 1.11. The van der Waals surface area contributed by atoms with Crippen LogP contribution in [-0.4, -0.2) is 58.3 Å². The third-order valence-corrected chi connectivity index (χ3v) is 6.84. The van der Waals surface area contributed by atoms with Crippen LogP contribution in [0.3, 0.4) is 0 Å². The lowest BCUT2D eigenvalue weighted by atomic mass is 9.57. The van der Waals surface area contributed by atoms with Gasteiger partial charge >= 0.3 is 0 Å². The summed E-state index contributed by atoms with van der Waals surface area (Å²) in [6.07, 6.45) is -1.13. The fraction of sp³-hybridized carbons (Fsp3) is 0.500. The van der Waals surface area contributed by atoms with Gasteiger partial charge in [-0.2, -0.15) is 0 Å². The molecule has 0 aromatic heterocycles. The number of benzene rings is 1. The number of fused-ring (bicyclic) bond motifs is 2. The summed E-state index contributed by atoms with van der Waals surface area (Å²) in [4.78, 5) is 22.4. The smallest absolute Gasteiger partial charge is 0.149 e. The van der Waals surface area contributed by atoms with E-state index in [0.717, 1.165) is 21.4 Å². The molecule has 1 aromatic rings. The maximum absolute atomic E-state index is 13.1. The molecule has 1 fully saturated rings. The summed E-state index contributed by atoms with van der Waals surface area (Å²) in [6, 6.07) is -0.567. The van der Waals surface area contributed by atoms with Gasteiger partial charge in [0.15, 0.2) is 0 Å². The van der Waals surface area contributed by atoms with Crippen molar-refractivity contribution in [3.63, 3.8) is 0 Å². The molecule has 4 heterocycles. The lowest BCUT2D eigenvalue weighted by Gasteiger charge is -2.54. The van der Waals surface area contributed by atoms with E-state index in [0.29, 0.717) is 24.2 Å². The number of rotatable bonds is 0. The molecule has 1 spiro atoms. The maximum Gasteiger partial charge on any atom is 0.149 e. The zero-order valence-electron chi connectivity index (χ0n) is 13.8. The molecular formula is C18H17N3O5. The lowest BCUT2D eigenvalue weighted by molar-refractivity contribution is -0.875. The minimum absolute atomic E-state index is 0.0533. The number of aliphatic imine (C=N–C) groups is 1. The topological polar surface area (TPSA) is 130 Å². The van der Waals surface area contributed by atoms with Crippen molar-refractivity contribution in [3.8, 4) is 5.75 Å². The zero-order chi connectivity index (χ0) is 18.0. The molecule has 4 aliphatic heterocycles. The Labute approximate surface area is 147 Å². The number of Topliss-reactive ketones (excluding diaryl/α,β-unsaturated/α-hetero) is 1. The van der Waals surface area contributed by atoms with Gasteiger partial charge in [-0.15, -0.1) is 0 Å². The second-order valence-electron chi connectivity index (χ2n) is 7.91. The number of carbonyl (C=O) groups is 1. The van der Waals surface area contributed by atoms with Crippen LogP contribution in [0.25, 0.3) is 5.57 Å². The molecule has 6 rings (SSSR count). The van der Waals surface area contributed by atoms with Crippen LogP contribution in [0.2, 0.25) is 0 Å². The largest absolute Gasteiger partial charge is 0.870 e. The average molecular weight is 355 g/mol. The number of aliphatic hydroxyl groups excluding tert-OH is 3. The third kappa shape index (κ3) is 1.39. The molecule has 6 atom stereocenters. The van der Waals surface area contributed by atoms with Gasteiger partial charge in [-0.3, -0.25) is 19.7 Å². The predicted molar refractivity (Wildman–Crippen MR) is 86.1 cm³/mol. The van der Waals surface area contributed by atoms with Crippen molar-refractivity contribution in [2.45, 2.75) is 49.2 Å². The highest BCUT2D eigenvalue weighted by atomic mass is 16.3. The average Bonchev–Trinajstić information content (AvgIpc) is 3.03. The number of nitrogens with zero attached hydrogens (tertiary/aromatic N) is 2. The first kappa shape index (κ1) is 15.0. The molecule has 8 nitrogen and oxygen atoms in total. The van der Waals surface area contributed by atoms with E-state index >= 15 is 0 Å². The number of ketones is 1. The molecule has 0 saturated heterocycles. The molecule has 5 aliphatic rings. The predicted octanol–water partition coefficient (Wildman–Crippen LogP) is -3.80. The van der Waals surface area contributed by atoms with Gasteiger partial charge in [0.25, 0.3) is 0 Å². The zero-order valence-corrected chi connectivity index (χ0v) is 13.8. The van der Waals surface area contributed by atoms with E-state index in [1.54, 1.807) is 6.21 Å². The van der Waals surface area contributed by atoms with Crippen LogP contribution < -0.4 is 20.6 Å². The van der Waals surface area contributed by atoms with E-state index in [-0.39, 0.29) is 24.0 Å². The van der Waals surface area contributed by atoms with Crippen LogP contribution in [0.15, 0.2) is 9.98 Å². The SMILES string of the molecule is O=C1C[C@@H](O)C2[C@H](O)[C@]13C[C@@H](O)N=c1c([O-])c4c5c(c13)[NH+]2CCC=5C=N4. The molecule has 0 radical (unpaired) electrons. The van der Waals surface area contributed by atoms with Gasteiger partial charge in [-0.25, -0.2) is 0 Å². The summed E-state index contributed by atoms with van der Waals surface area (Å²) in [5, 5.41) is 45.9. The van der Waals surface area contributed by atoms with Crippen molar-refractivity contribution < 1.29 is 30.1 Å². The summed E-state index contributed by atoms with van der Waals surface area (Å²) < 4.78 is 0. The molecule has 2 bridgehead atoms. The quantitative estimate of drug-likeness (QED) is 0.379. The van der Waals surface area contributed by atoms with Crippen molar-refractivity contribution in [1.82, 2.24) is 0 Å². The molecule has 26 heavy (non-hydrogen) atoms. The fourth-order valence-electron chi connectivity index (χ4n) is 5.85. The van der Waals surface area contributed by atoms with Crippen LogP contribution in [0.4, 0.5) is 11.4 Å². The second-order valence-corrected chi connectivity index (χ2v) is 7.91. The van der Waals surface area contributed by atoms with Gasteiger partial charge in [-0.1, -0.05) is 5.75 Å². The molecule has 8 heteroatoms. The Kier molecular flexibility index (Phi) is 2.53. The van der Waals surface area contributed by atoms with E-state index in [2.05, 4.69) is 9.98 Å². The molecule has 134 valence electrons. The molecular weight excluding hydrogens is 338 g/mol. The van der Waals surface area contributed by atoms with Crippen molar-refractivity contribution in [2.75, 3.05) is 6.54 Å². The highest BCUT2D eigenvalue weighted by Gasteiger charge is 2.66. The van der Waals surface area contributed by atoms with E-state index in [9.17, 15) is 25.2 Å². The highest BCUT2D eigenvalue weighted by Crippen LogP contribution is 2.47. The number of hydrogen-bond donors (Lipinski definition) is 4.